The largest absolute Gasteiger partial charge is 0.493 e. The van der Waals surface area contributed by atoms with Crippen LogP contribution in [-0.4, -0.2) is 25.0 Å². The van der Waals surface area contributed by atoms with E-state index in [1.807, 2.05) is 0 Å². The fourth-order valence-corrected chi connectivity index (χ4v) is 3.18. The predicted molar refractivity (Wildman–Crippen MR) is 113 cm³/mol. The van der Waals surface area contributed by atoms with Crippen LogP contribution in [0.25, 0.3) is 22.3 Å². The smallest absolute Gasteiger partial charge is 0.308 e. The lowest BCUT2D eigenvalue weighted by molar-refractivity contribution is -0.133. The van der Waals surface area contributed by atoms with Gasteiger partial charge in [-0.2, -0.15) is 0 Å². The van der Waals surface area contributed by atoms with Gasteiger partial charge in [0.25, 0.3) is 0 Å². The molecule has 1 heterocycles. The zero-order valence-corrected chi connectivity index (χ0v) is 18.2. The van der Waals surface area contributed by atoms with Crippen molar-refractivity contribution in [1.82, 2.24) is 0 Å². The highest BCUT2D eigenvalue weighted by Crippen LogP contribution is 2.38. The molecule has 3 aromatic rings. The number of carbonyl (C=O) groups is 3. The Bertz CT molecular complexity index is 1310. The minimum Gasteiger partial charge on any atom is -0.493 e. The van der Waals surface area contributed by atoms with E-state index in [0.717, 1.165) is 6.92 Å². The van der Waals surface area contributed by atoms with Crippen LogP contribution in [0.2, 0.25) is 5.02 Å². The van der Waals surface area contributed by atoms with E-state index in [9.17, 15) is 19.2 Å². The lowest BCUT2D eigenvalue weighted by atomic mass is 10.1. The normalized spacial score (nSPS) is 10.5. The highest BCUT2D eigenvalue weighted by Gasteiger charge is 2.22. The van der Waals surface area contributed by atoms with E-state index in [0.29, 0.717) is 5.56 Å². The summed E-state index contributed by atoms with van der Waals surface area (Å²) in [6, 6.07) is 6.98. The molecule has 0 atom stereocenters. The van der Waals surface area contributed by atoms with Gasteiger partial charge in [-0.1, -0.05) is 11.6 Å². The van der Waals surface area contributed by atoms with Gasteiger partial charge in [-0.25, -0.2) is 0 Å². The number of ether oxygens (including phenoxy) is 4. The first-order chi connectivity index (χ1) is 15.1. The molecule has 0 aliphatic carbocycles. The maximum atomic E-state index is 13.0. The lowest BCUT2D eigenvalue weighted by Gasteiger charge is -2.13. The molecule has 0 unspecified atom stereocenters. The second-order valence-electron chi connectivity index (χ2n) is 6.52. The lowest BCUT2D eigenvalue weighted by Crippen LogP contribution is -2.10. The second-order valence-corrected chi connectivity index (χ2v) is 6.89. The number of methoxy groups -OCH3 is 1. The molecule has 0 saturated carbocycles. The van der Waals surface area contributed by atoms with Crippen LogP contribution < -0.4 is 24.4 Å². The van der Waals surface area contributed by atoms with Gasteiger partial charge >= 0.3 is 17.9 Å². The summed E-state index contributed by atoms with van der Waals surface area (Å²) in [6.45, 7) is 3.56. The maximum absolute atomic E-state index is 13.0. The summed E-state index contributed by atoms with van der Waals surface area (Å²) in [5.74, 6) is -1.78. The van der Waals surface area contributed by atoms with Crippen LogP contribution in [0, 0.1) is 0 Å². The summed E-state index contributed by atoms with van der Waals surface area (Å²) in [5, 5.41) is -0.413. The molecule has 2 aromatic carbocycles. The molecular weight excluding hydrogens is 444 g/mol. The minimum absolute atomic E-state index is 0.00648. The van der Waals surface area contributed by atoms with Gasteiger partial charge in [0.15, 0.2) is 17.3 Å². The molecule has 0 amide bonds. The molecular formula is C22H17ClO9. The van der Waals surface area contributed by atoms with Crippen molar-refractivity contribution < 1.29 is 37.7 Å². The Hall–Kier alpha value is -3.85. The Labute approximate surface area is 186 Å². The monoisotopic (exact) mass is 460 g/mol. The summed E-state index contributed by atoms with van der Waals surface area (Å²) in [6.07, 6.45) is 0. The molecule has 0 aliphatic rings. The Morgan fingerprint density at radius 3 is 2.06 bits per heavy atom. The summed E-state index contributed by atoms with van der Waals surface area (Å²) >= 11 is 6.30. The number of fused-ring (bicyclic) bond motifs is 1. The van der Waals surface area contributed by atoms with Gasteiger partial charge in [0.05, 0.1) is 7.11 Å². The van der Waals surface area contributed by atoms with Gasteiger partial charge in [-0.05, 0) is 18.2 Å². The fraction of sp³-hybridized carbons (Fsp3) is 0.182. The quantitative estimate of drug-likeness (QED) is 0.412. The fourth-order valence-electron chi connectivity index (χ4n) is 2.94. The van der Waals surface area contributed by atoms with E-state index in [1.165, 1.54) is 45.2 Å². The molecule has 166 valence electrons. The molecule has 0 saturated heterocycles. The molecule has 0 aliphatic heterocycles. The highest BCUT2D eigenvalue weighted by molar-refractivity contribution is 6.33. The number of hydrogen-bond donors (Lipinski definition) is 0. The molecule has 32 heavy (non-hydrogen) atoms. The molecule has 0 bridgehead atoms. The summed E-state index contributed by atoms with van der Waals surface area (Å²) in [4.78, 5) is 47.4. The van der Waals surface area contributed by atoms with E-state index in [4.69, 9.17) is 35.0 Å². The van der Waals surface area contributed by atoms with Crippen LogP contribution in [0.4, 0.5) is 0 Å². The van der Waals surface area contributed by atoms with Gasteiger partial charge in [0, 0.05) is 38.5 Å². The minimum atomic E-state index is -0.702. The van der Waals surface area contributed by atoms with Crippen molar-refractivity contribution in [1.29, 1.82) is 0 Å². The first kappa shape index (κ1) is 22.8. The van der Waals surface area contributed by atoms with Crippen molar-refractivity contribution in [2.24, 2.45) is 0 Å². The third-order valence-corrected chi connectivity index (χ3v) is 4.42. The van der Waals surface area contributed by atoms with Crippen molar-refractivity contribution in [2.75, 3.05) is 7.11 Å². The van der Waals surface area contributed by atoms with Gasteiger partial charge in [-0.3, -0.25) is 19.2 Å². The number of carbonyl (C=O) groups excluding carboxylic acids is 3. The topological polar surface area (TPSA) is 118 Å². The van der Waals surface area contributed by atoms with Crippen molar-refractivity contribution >= 4 is 40.5 Å². The zero-order chi connectivity index (χ0) is 23.6. The summed E-state index contributed by atoms with van der Waals surface area (Å²) in [7, 11) is 1.40. The van der Waals surface area contributed by atoms with Gasteiger partial charge in [0.2, 0.25) is 5.43 Å². The van der Waals surface area contributed by atoms with Gasteiger partial charge in [-0.15, -0.1) is 0 Å². The molecule has 0 fully saturated rings. The van der Waals surface area contributed by atoms with Crippen LogP contribution in [0.15, 0.2) is 39.5 Å². The Morgan fingerprint density at radius 2 is 1.47 bits per heavy atom. The molecule has 0 radical (unpaired) electrons. The summed E-state index contributed by atoms with van der Waals surface area (Å²) < 4.78 is 26.3. The average Bonchev–Trinajstić information content (AvgIpc) is 2.69. The van der Waals surface area contributed by atoms with E-state index in [2.05, 4.69) is 0 Å². The molecule has 9 nitrogen and oxygen atoms in total. The van der Waals surface area contributed by atoms with Crippen molar-refractivity contribution in [3.63, 3.8) is 0 Å². The average molecular weight is 461 g/mol. The number of rotatable bonds is 5. The Balaban J connectivity index is 2.29. The van der Waals surface area contributed by atoms with Crippen LogP contribution in [0.3, 0.4) is 0 Å². The van der Waals surface area contributed by atoms with E-state index < -0.39 is 23.3 Å². The number of hydrogen-bond acceptors (Lipinski definition) is 9. The van der Waals surface area contributed by atoms with E-state index >= 15 is 0 Å². The number of benzene rings is 2. The van der Waals surface area contributed by atoms with Crippen molar-refractivity contribution in [3.05, 3.63) is 45.6 Å². The predicted octanol–water partition coefficient (Wildman–Crippen LogP) is 3.90. The highest BCUT2D eigenvalue weighted by atomic mass is 35.5. The molecule has 0 N–H and O–H groups in total. The van der Waals surface area contributed by atoms with E-state index in [-0.39, 0.29) is 44.8 Å². The first-order valence-electron chi connectivity index (χ1n) is 9.14. The second kappa shape index (κ2) is 9.11. The van der Waals surface area contributed by atoms with E-state index in [1.54, 1.807) is 6.07 Å². The molecule has 10 heteroatoms. The Kier molecular flexibility index (Phi) is 6.50. The van der Waals surface area contributed by atoms with Crippen LogP contribution >= 0.6 is 11.6 Å². The number of halogens is 1. The van der Waals surface area contributed by atoms with Gasteiger partial charge in [0.1, 0.15) is 27.5 Å². The SMILES string of the molecule is COc1ccc(-c2oc3cc(OC(C)=O)cc(OC(C)=O)c3c(=O)c2Cl)cc1OC(C)=O. The Morgan fingerprint density at radius 1 is 0.844 bits per heavy atom. The molecule has 1 aromatic heterocycles. The molecule has 0 spiro atoms. The zero-order valence-electron chi connectivity index (χ0n) is 17.4. The van der Waals surface area contributed by atoms with Crippen molar-refractivity contribution in [2.45, 2.75) is 20.8 Å². The summed E-state index contributed by atoms with van der Waals surface area (Å²) in [5.41, 5.74) is -0.425. The van der Waals surface area contributed by atoms with Crippen LogP contribution in [0.5, 0.6) is 23.0 Å². The van der Waals surface area contributed by atoms with Crippen LogP contribution in [-0.2, 0) is 14.4 Å². The standard InChI is InChI=1S/C22H17ClO9/c1-10(24)29-14-8-17(31-12(3)26)19-18(9-14)32-22(20(23)21(19)27)13-5-6-15(28-4)16(7-13)30-11(2)25/h5-9H,1-4H3. The third kappa shape index (κ3) is 4.73. The first-order valence-corrected chi connectivity index (χ1v) is 9.52. The third-order valence-electron chi connectivity index (χ3n) is 4.07. The van der Waals surface area contributed by atoms with Gasteiger partial charge < -0.3 is 23.4 Å². The number of esters is 3. The van der Waals surface area contributed by atoms with Crippen LogP contribution in [0.1, 0.15) is 20.8 Å². The van der Waals surface area contributed by atoms with Crippen molar-refractivity contribution in [3.8, 4) is 34.3 Å². The molecule has 3 rings (SSSR count). The maximum Gasteiger partial charge on any atom is 0.308 e.